The number of aliphatic carboxylic acids is 1. The van der Waals surface area contributed by atoms with Crippen molar-refractivity contribution in [2.75, 3.05) is 39.4 Å². The SMILES string of the molecule is O=C(O)C1C2C=CC(CC2)C1C(=O)NCCN1CCOCC1. The highest BCUT2D eigenvalue weighted by atomic mass is 16.5. The molecule has 4 atom stereocenters. The van der Waals surface area contributed by atoms with Gasteiger partial charge in [-0.1, -0.05) is 12.2 Å². The molecular weight excluding hydrogens is 284 g/mol. The number of nitrogens with zero attached hydrogens (tertiary/aromatic N) is 1. The summed E-state index contributed by atoms with van der Waals surface area (Å²) in [4.78, 5) is 26.3. The van der Waals surface area contributed by atoms with Gasteiger partial charge in [0, 0.05) is 26.2 Å². The average molecular weight is 308 g/mol. The van der Waals surface area contributed by atoms with Crippen LogP contribution >= 0.6 is 0 Å². The molecule has 2 bridgehead atoms. The molecular formula is C16H24N2O4. The molecule has 1 amide bonds. The van der Waals surface area contributed by atoms with E-state index in [-0.39, 0.29) is 17.7 Å². The number of hydrogen-bond acceptors (Lipinski definition) is 4. The van der Waals surface area contributed by atoms with Gasteiger partial charge in [-0.15, -0.1) is 0 Å². The summed E-state index contributed by atoms with van der Waals surface area (Å²) in [6.07, 6.45) is 5.84. The topological polar surface area (TPSA) is 78.9 Å². The number of carboxylic acids is 1. The van der Waals surface area contributed by atoms with Crippen LogP contribution < -0.4 is 5.32 Å². The van der Waals surface area contributed by atoms with Gasteiger partial charge >= 0.3 is 5.97 Å². The van der Waals surface area contributed by atoms with E-state index in [1.807, 2.05) is 12.2 Å². The van der Waals surface area contributed by atoms with Crippen LogP contribution in [0.5, 0.6) is 0 Å². The van der Waals surface area contributed by atoms with E-state index in [4.69, 9.17) is 4.74 Å². The second-order valence-electron chi connectivity index (χ2n) is 6.42. The van der Waals surface area contributed by atoms with Crippen molar-refractivity contribution in [3.63, 3.8) is 0 Å². The summed E-state index contributed by atoms with van der Waals surface area (Å²) in [6.45, 7) is 4.64. The van der Waals surface area contributed by atoms with Gasteiger partial charge in [-0.05, 0) is 24.7 Å². The summed E-state index contributed by atoms with van der Waals surface area (Å²) in [6, 6.07) is 0. The molecule has 6 nitrogen and oxygen atoms in total. The number of carboxylic acid groups (broad SMARTS) is 1. The van der Waals surface area contributed by atoms with Gasteiger partial charge in [-0.3, -0.25) is 14.5 Å². The second kappa shape index (κ2) is 6.79. The Morgan fingerprint density at radius 3 is 2.36 bits per heavy atom. The molecule has 2 fully saturated rings. The van der Waals surface area contributed by atoms with Crippen LogP contribution in [0.25, 0.3) is 0 Å². The van der Waals surface area contributed by atoms with E-state index in [1.165, 1.54) is 0 Å². The molecule has 1 heterocycles. The standard InChI is InChI=1S/C16H24N2O4/c19-15(17-5-6-18-7-9-22-10-8-18)13-11-1-3-12(4-2-11)14(13)16(20)21/h1,3,11-14H,2,4-10H2,(H,17,19)(H,20,21). The van der Waals surface area contributed by atoms with E-state index < -0.39 is 17.8 Å². The van der Waals surface area contributed by atoms with Crippen LogP contribution in [0.1, 0.15) is 12.8 Å². The summed E-state index contributed by atoms with van der Waals surface area (Å²) in [5, 5.41) is 12.4. The number of carbonyl (C=O) groups is 2. The van der Waals surface area contributed by atoms with Gasteiger partial charge in [-0.25, -0.2) is 0 Å². The maximum absolute atomic E-state index is 12.5. The van der Waals surface area contributed by atoms with Gasteiger partial charge in [0.2, 0.25) is 5.91 Å². The van der Waals surface area contributed by atoms with Gasteiger partial charge in [0.1, 0.15) is 0 Å². The van der Waals surface area contributed by atoms with E-state index in [0.717, 1.165) is 45.7 Å². The predicted octanol–water partition coefficient (Wildman–Crippen LogP) is 0.348. The van der Waals surface area contributed by atoms with Gasteiger partial charge in [0.05, 0.1) is 25.0 Å². The minimum Gasteiger partial charge on any atom is -0.481 e. The number of morpholine rings is 1. The molecule has 22 heavy (non-hydrogen) atoms. The van der Waals surface area contributed by atoms with E-state index >= 15 is 0 Å². The molecule has 0 aromatic carbocycles. The first-order valence-corrected chi connectivity index (χ1v) is 8.16. The van der Waals surface area contributed by atoms with Crippen molar-refractivity contribution in [2.45, 2.75) is 12.8 Å². The van der Waals surface area contributed by atoms with Crippen molar-refractivity contribution in [2.24, 2.45) is 23.7 Å². The Morgan fingerprint density at radius 2 is 1.77 bits per heavy atom. The number of allylic oxidation sites excluding steroid dienone is 2. The zero-order chi connectivity index (χ0) is 15.5. The lowest BCUT2D eigenvalue weighted by molar-refractivity contribution is -0.153. The maximum Gasteiger partial charge on any atom is 0.307 e. The highest BCUT2D eigenvalue weighted by Gasteiger charge is 2.48. The van der Waals surface area contributed by atoms with E-state index in [0.29, 0.717) is 6.54 Å². The van der Waals surface area contributed by atoms with E-state index in [1.54, 1.807) is 0 Å². The molecule has 1 aliphatic heterocycles. The molecule has 4 unspecified atom stereocenters. The monoisotopic (exact) mass is 308 g/mol. The number of hydrogen-bond donors (Lipinski definition) is 2. The third-order valence-electron chi connectivity index (χ3n) is 5.17. The molecule has 1 saturated heterocycles. The number of fused-ring (bicyclic) bond motifs is 2. The van der Waals surface area contributed by atoms with Crippen LogP contribution in [-0.2, 0) is 14.3 Å². The molecule has 3 aliphatic carbocycles. The lowest BCUT2D eigenvalue weighted by Gasteiger charge is -2.42. The first-order valence-electron chi connectivity index (χ1n) is 8.16. The van der Waals surface area contributed by atoms with Crippen molar-refractivity contribution >= 4 is 11.9 Å². The summed E-state index contributed by atoms with van der Waals surface area (Å²) in [7, 11) is 0. The third-order valence-corrected chi connectivity index (χ3v) is 5.17. The Balaban J connectivity index is 1.54. The quantitative estimate of drug-likeness (QED) is 0.717. The predicted molar refractivity (Wildman–Crippen MR) is 80.2 cm³/mol. The molecule has 4 aliphatic rings. The first-order chi connectivity index (χ1) is 10.7. The molecule has 0 spiro atoms. The minimum atomic E-state index is -0.840. The molecule has 2 N–H and O–H groups in total. The molecule has 4 rings (SSSR count). The van der Waals surface area contributed by atoms with Crippen LogP contribution in [0, 0.1) is 23.7 Å². The summed E-state index contributed by atoms with van der Waals surface area (Å²) in [5.41, 5.74) is 0. The summed E-state index contributed by atoms with van der Waals surface area (Å²) >= 11 is 0. The fourth-order valence-corrected chi connectivity index (χ4v) is 3.97. The highest BCUT2D eigenvalue weighted by molar-refractivity contribution is 5.86. The number of amides is 1. The van der Waals surface area contributed by atoms with Crippen molar-refractivity contribution in [3.8, 4) is 0 Å². The lowest BCUT2D eigenvalue weighted by Crippen LogP contribution is -2.50. The van der Waals surface area contributed by atoms with Crippen LogP contribution in [0.15, 0.2) is 12.2 Å². The van der Waals surface area contributed by atoms with Crippen molar-refractivity contribution in [1.82, 2.24) is 10.2 Å². The molecule has 122 valence electrons. The lowest BCUT2D eigenvalue weighted by atomic mass is 9.62. The second-order valence-corrected chi connectivity index (χ2v) is 6.42. The molecule has 0 aromatic rings. The normalized spacial score (nSPS) is 34.5. The number of ether oxygens (including phenoxy) is 1. The Bertz CT molecular complexity index is 459. The third kappa shape index (κ3) is 3.17. The van der Waals surface area contributed by atoms with Crippen LogP contribution in [0.2, 0.25) is 0 Å². The first kappa shape index (κ1) is 15.5. The Hall–Kier alpha value is -1.40. The highest BCUT2D eigenvalue weighted by Crippen LogP contribution is 2.44. The fraction of sp³-hybridized carbons (Fsp3) is 0.750. The van der Waals surface area contributed by atoms with Crippen molar-refractivity contribution < 1.29 is 19.4 Å². The van der Waals surface area contributed by atoms with Gasteiger partial charge in [0.25, 0.3) is 0 Å². The molecule has 6 heteroatoms. The number of rotatable bonds is 5. The average Bonchev–Trinajstić information content (AvgIpc) is 2.55. The number of carbonyl (C=O) groups excluding carboxylic acids is 1. The van der Waals surface area contributed by atoms with Gasteiger partial charge < -0.3 is 15.2 Å². The minimum absolute atomic E-state index is 0.0116. The van der Waals surface area contributed by atoms with Crippen molar-refractivity contribution in [3.05, 3.63) is 12.2 Å². The Kier molecular flexibility index (Phi) is 4.78. The molecule has 0 aromatic heterocycles. The fourth-order valence-electron chi connectivity index (χ4n) is 3.97. The smallest absolute Gasteiger partial charge is 0.307 e. The molecule has 1 saturated carbocycles. The largest absolute Gasteiger partial charge is 0.481 e. The molecule has 0 radical (unpaired) electrons. The Labute approximate surface area is 130 Å². The van der Waals surface area contributed by atoms with Crippen LogP contribution in [-0.4, -0.2) is 61.3 Å². The zero-order valence-electron chi connectivity index (χ0n) is 12.7. The zero-order valence-corrected chi connectivity index (χ0v) is 12.7. The van der Waals surface area contributed by atoms with Gasteiger partial charge in [-0.2, -0.15) is 0 Å². The van der Waals surface area contributed by atoms with Crippen LogP contribution in [0.4, 0.5) is 0 Å². The van der Waals surface area contributed by atoms with E-state index in [2.05, 4.69) is 10.2 Å². The number of nitrogens with one attached hydrogen (secondary N) is 1. The van der Waals surface area contributed by atoms with Crippen LogP contribution in [0.3, 0.4) is 0 Å². The summed E-state index contributed by atoms with van der Waals surface area (Å²) in [5.74, 6) is -1.82. The summed E-state index contributed by atoms with van der Waals surface area (Å²) < 4.78 is 5.29. The Morgan fingerprint density at radius 1 is 1.14 bits per heavy atom. The maximum atomic E-state index is 12.5. The van der Waals surface area contributed by atoms with Crippen molar-refractivity contribution in [1.29, 1.82) is 0 Å². The van der Waals surface area contributed by atoms with Gasteiger partial charge in [0.15, 0.2) is 0 Å². The van der Waals surface area contributed by atoms with E-state index in [9.17, 15) is 14.7 Å².